The highest BCUT2D eigenvalue weighted by Crippen LogP contribution is 2.31. The average molecular weight is 206 g/mol. The standard InChI is InChI=1S/C10H7FN2S/c11-8-6(1-3-12)5-7-2-4-14-10(7)9(8)13/h2,4-5H,1,13H2. The van der Waals surface area contributed by atoms with Gasteiger partial charge in [-0.05, 0) is 22.9 Å². The molecule has 0 bridgehead atoms. The first kappa shape index (κ1) is 8.97. The predicted molar refractivity (Wildman–Crippen MR) is 55.5 cm³/mol. The zero-order valence-corrected chi connectivity index (χ0v) is 8.07. The van der Waals surface area contributed by atoms with Crippen molar-refractivity contribution < 1.29 is 4.39 Å². The van der Waals surface area contributed by atoms with Crippen molar-refractivity contribution >= 4 is 27.1 Å². The summed E-state index contributed by atoms with van der Waals surface area (Å²) >= 11 is 1.41. The average Bonchev–Trinajstić information content (AvgIpc) is 2.62. The molecule has 1 aromatic carbocycles. The first-order valence-corrected chi connectivity index (χ1v) is 4.93. The second-order valence-corrected chi connectivity index (χ2v) is 3.85. The molecule has 0 atom stereocenters. The molecule has 70 valence electrons. The zero-order chi connectivity index (χ0) is 10.1. The molecule has 0 radical (unpaired) electrons. The topological polar surface area (TPSA) is 49.8 Å². The maximum atomic E-state index is 13.5. The number of hydrogen-bond acceptors (Lipinski definition) is 3. The van der Waals surface area contributed by atoms with E-state index in [4.69, 9.17) is 11.0 Å². The van der Waals surface area contributed by atoms with Crippen molar-refractivity contribution in [3.8, 4) is 6.07 Å². The number of anilines is 1. The molecule has 2 rings (SSSR count). The van der Waals surface area contributed by atoms with Crippen molar-refractivity contribution in [2.45, 2.75) is 6.42 Å². The number of nitrogens with two attached hydrogens (primary N) is 1. The van der Waals surface area contributed by atoms with E-state index in [0.29, 0.717) is 5.56 Å². The lowest BCUT2D eigenvalue weighted by molar-refractivity contribution is 0.622. The summed E-state index contributed by atoms with van der Waals surface area (Å²) in [6, 6.07) is 5.47. The Balaban J connectivity index is 2.75. The van der Waals surface area contributed by atoms with Gasteiger partial charge in [0, 0.05) is 5.56 Å². The minimum Gasteiger partial charge on any atom is -0.395 e. The van der Waals surface area contributed by atoms with Crippen LogP contribution in [0.5, 0.6) is 0 Å². The van der Waals surface area contributed by atoms with Crippen LogP contribution in [0.1, 0.15) is 5.56 Å². The van der Waals surface area contributed by atoms with Crippen LogP contribution in [0.15, 0.2) is 17.5 Å². The van der Waals surface area contributed by atoms with Gasteiger partial charge in [0.2, 0.25) is 0 Å². The lowest BCUT2D eigenvalue weighted by Gasteiger charge is -2.03. The molecule has 14 heavy (non-hydrogen) atoms. The third kappa shape index (κ3) is 1.22. The van der Waals surface area contributed by atoms with Gasteiger partial charge in [0.25, 0.3) is 0 Å². The van der Waals surface area contributed by atoms with Crippen LogP contribution in [-0.2, 0) is 6.42 Å². The van der Waals surface area contributed by atoms with Gasteiger partial charge in [0.1, 0.15) is 0 Å². The van der Waals surface area contributed by atoms with E-state index in [0.717, 1.165) is 10.1 Å². The number of nitriles is 1. The maximum absolute atomic E-state index is 13.5. The quantitative estimate of drug-likeness (QED) is 0.729. The number of nitrogens with zero attached hydrogens (tertiary/aromatic N) is 1. The monoisotopic (exact) mass is 206 g/mol. The van der Waals surface area contributed by atoms with Crippen molar-refractivity contribution in [3.63, 3.8) is 0 Å². The Kier molecular flexibility index (Phi) is 2.10. The molecule has 0 saturated carbocycles. The van der Waals surface area contributed by atoms with E-state index in [1.165, 1.54) is 11.3 Å². The highest BCUT2D eigenvalue weighted by Gasteiger charge is 2.11. The highest BCUT2D eigenvalue weighted by molar-refractivity contribution is 7.17. The van der Waals surface area contributed by atoms with E-state index < -0.39 is 5.82 Å². The lowest BCUT2D eigenvalue weighted by Crippen LogP contribution is -1.96. The van der Waals surface area contributed by atoms with Crippen molar-refractivity contribution in [1.29, 1.82) is 5.26 Å². The van der Waals surface area contributed by atoms with Crippen molar-refractivity contribution in [2.75, 3.05) is 5.73 Å². The molecule has 0 aliphatic heterocycles. The number of benzene rings is 1. The first-order valence-electron chi connectivity index (χ1n) is 4.05. The molecular formula is C10H7FN2S. The number of halogens is 1. The van der Waals surface area contributed by atoms with E-state index in [1.54, 1.807) is 6.07 Å². The van der Waals surface area contributed by atoms with Crippen molar-refractivity contribution in [1.82, 2.24) is 0 Å². The molecular weight excluding hydrogens is 199 g/mol. The molecule has 0 unspecified atom stereocenters. The van der Waals surface area contributed by atoms with E-state index in [-0.39, 0.29) is 12.1 Å². The van der Waals surface area contributed by atoms with Crippen LogP contribution in [0, 0.1) is 17.1 Å². The van der Waals surface area contributed by atoms with Crippen molar-refractivity contribution in [3.05, 3.63) is 28.9 Å². The summed E-state index contributed by atoms with van der Waals surface area (Å²) < 4.78 is 14.3. The van der Waals surface area contributed by atoms with Crippen LogP contribution in [0.25, 0.3) is 10.1 Å². The molecule has 4 heteroatoms. The summed E-state index contributed by atoms with van der Waals surface area (Å²) in [4.78, 5) is 0. The summed E-state index contributed by atoms with van der Waals surface area (Å²) in [6.45, 7) is 0. The Bertz CT molecular complexity index is 525. The summed E-state index contributed by atoms with van der Waals surface area (Å²) in [5, 5.41) is 11.3. The Morgan fingerprint density at radius 3 is 3.07 bits per heavy atom. The second-order valence-electron chi connectivity index (χ2n) is 2.94. The Morgan fingerprint density at radius 1 is 1.57 bits per heavy atom. The summed E-state index contributed by atoms with van der Waals surface area (Å²) in [5.41, 5.74) is 6.15. The lowest BCUT2D eigenvalue weighted by atomic mass is 10.1. The van der Waals surface area contributed by atoms with Gasteiger partial charge in [0.15, 0.2) is 5.82 Å². The normalized spacial score (nSPS) is 10.3. The van der Waals surface area contributed by atoms with Gasteiger partial charge in [-0.15, -0.1) is 11.3 Å². The summed E-state index contributed by atoms with van der Waals surface area (Å²) in [5.74, 6) is -0.457. The van der Waals surface area contributed by atoms with Gasteiger partial charge in [0.05, 0.1) is 22.9 Å². The van der Waals surface area contributed by atoms with E-state index in [2.05, 4.69) is 0 Å². The Labute approximate surface area is 84.4 Å². The fourth-order valence-electron chi connectivity index (χ4n) is 1.39. The maximum Gasteiger partial charge on any atom is 0.151 e. The third-order valence-corrected chi connectivity index (χ3v) is 3.02. The van der Waals surface area contributed by atoms with E-state index >= 15 is 0 Å². The van der Waals surface area contributed by atoms with Crippen LogP contribution in [-0.4, -0.2) is 0 Å². The van der Waals surface area contributed by atoms with E-state index in [1.807, 2.05) is 17.5 Å². The van der Waals surface area contributed by atoms with Gasteiger partial charge in [-0.25, -0.2) is 4.39 Å². The molecule has 0 fully saturated rings. The number of nitrogen functional groups attached to an aromatic ring is 1. The fraction of sp³-hybridized carbons (Fsp3) is 0.100. The van der Waals surface area contributed by atoms with Crippen LogP contribution in [0.3, 0.4) is 0 Å². The third-order valence-electron chi connectivity index (χ3n) is 2.06. The minimum atomic E-state index is -0.457. The number of fused-ring (bicyclic) bond motifs is 1. The predicted octanol–water partition coefficient (Wildman–Crippen LogP) is 2.69. The molecule has 0 spiro atoms. The van der Waals surface area contributed by atoms with Crippen LogP contribution in [0.4, 0.5) is 10.1 Å². The Morgan fingerprint density at radius 2 is 2.36 bits per heavy atom. The number of hydrogen-bond donors (Lipinski definition) is 1. The minimum absolute atomic E-state index is 0.0574. The molecule has 2 aromatic rings. The fourth-order valence-corrected chi connectivity index (χ4v) is 2.22. The van der Waals surface area contributed by atoms with Gasteiger partial charge in [-0.2, -0.15) is 5.26 Å². The van der Waals surface area contributed by atoms with Crippen LogP contribution >= 0.6 is 11.3 Å². The summed E-state index contributed by atoms with van der Waals surface area (Å²) in [6.07, 6.45) is 0.0574. The Hall–Kier alpha value is -1.60. The van der Waals surface area contributed by atoms with Gasteiger partial charge < -0.3 is 5.73 Å². The smallest absolute Gasteiger partial charge is 0.151 e. The van der Waals surface area contributed by atoms with Gasteiger partial charge in [-0.3, -0.25) is 0 Å². The molecule has 1 heterocycles. The van der Waals surface area contributed by atoms with Gasteiger partial charge in [-0.1, -0.05) is 0 Å². The number of thiophene rings is 1. The molecule has 2 nitrogen and oxygen atoms in total. The summed E-state index contributed by atoms with van der Waals surface area (Å²) in [7, 11) is 0. The molecule has 1 aromatic heterocycles. The first-order chi connectivity index (χ1) is 6.74. The zero-order valence-electron chi connectivity index (χ0n) is 7.25. The molecule has 0 aliphatic rings. The molecule has 0 saturated heterocycles. The molecule has 0 amide bonds. The highest BCUT2D eigenvalue weighted by atomic mass is 32.1. The van der Waals surface area contributed by atoms with E-state index in [9.17, 15) is 4.39 Å². The molecule has 0 aliphatic carbocycles. The molecule has 2 N–H and O–H groups in total. The second kappa shape index (κ2) is 3.28. The van der Waals surface area contributed by atoms with Crippen LogP contribution in [0.2, 0.25) is 0 Å². The largest absolute Gasteiger partial charge is 0.395 e. The SMILES string of the molecule is N#CCc1cc2ccsc2c(N)c1F. The van der Waals surface area contributed by atoms with Crippen molar-refractivity contribution in [2.24, 2.45) is 0 Å². The van der Waals surface area contributed by atoms with Crippen LogP contribution < -0.4 is 5.73 Å². The number of rotatable bonds is 1. The van der Waals surface area contributed by atoms with Gasteiger partial charge >= 0.3 is 0 Å².